The van der Waals surface area contributed by atoms with Gasteiger partial charge in [-0.15, -0.1) is 0 Å². The number of nitrogens with zero attached hydrogens (tertiary/aromatic N) is 2. The second kappa shape index (κ2) is 8.96. The number of aliphatic hydroxyl groups excluding tert-OH is 1. The first-order valence-electron chi connectivity index (χ1n) is 10.1. The van der Waals surface area contributed by atoms with Gasteiger partial charge in [-0.05, 0) is 35.4 Å². The van der Waals surface area contributed by atoms with Crippen LogP contribution in [0.5, 0.6) is 5.75 Å². The van der Waals surface area contributed by atoms with E-state index in [1.54, 1.807) is 30.3 Å². The summed E-state index contributed by atoms with van der Waals surface area (Å²) >= 11 is 0. The third-order valence-corrected chi connectivity index (χ3v) is 5.50. The van der Waals surface area contributed by atoms with E-state index in [9.17, 15) is 24.8 Å². The minimum absolute atomic E-state index is 0.0954. The second-order valence-electron chi connectivity index (χ2n) is 7.49. The topological polar surface area (TPSA) is 110 Å². The maximum Gasteiger partial charge on any atom is 0.295 e. The molecule has 1 saturated heterocycles. The molecule has 1 N–H and O–H groups in total. The molecule has 0 spiro atoms. The van der Waals surface area contributed by atoms with Crippen LogP contribution >= 0.6 is 0 Å². The number of likely N-dealkylation sites (tertiary alicyclic amines) is 1. The van der Waals surface area contributed by atoms with Gasteiger partial charge < -0.3 is 14.7 Å². The molecule has 166 valence electrons. The van der Waals surface area contributed by atoms with E-state index in [0.29, 0.717) is 16.9 Å². The number of benzene rings is 3. The molecule has 0 bridgehead atoms. The van der Waals surface area contributed by atoms with E-state index in [1.807, 2.05) is 30.3 Å². The number of hydrogen-bond donors (Lipinski definition) is 1. The zero-order valence-corrected chi connectivity index (χ0v) is 17.7. The normalized spacial score (nSPS) is 17.2. The average Bonchev–Trinajstić information content (AvgIpc) is 3.09. The lowest BCUT2D eigenvalue weighted by Crippen LogP contribution is -2.29. The fourth-order valence-corrected chi connectivity index (χ4v) is 3.88. The standard InChI is InChI=1S/C25H20N2O6/c1-33-20-12-10-17(11-13-20)23(28)21-22(18-8-5-9-19(14-18)27(31)32)26(25(30)24(21)29)15-16-6-3-2-4-7-16/h2-14,22,28H,15H2,1H3. The van der Waals surface area contributed by atoms with Crippen LogP contribution in [-0.4, -0.2) is 33.7 Å². The Morgan fingerprint density at radius 1 is 1.03 bits per heavy atom. The molecule has 8 heteroatoms. The Kier molecular flexibility index (Phi) is 5.91. The van der Waals surface area contributed by atoms with Crippen LogP contribution in [-0.2, 0) is 16.1 Å². The van der Waals surface area contributed by atoms with Gasteiger partial charge in [-0.1, -0.05) is 42.5 Å². The minimum Gasteiger partial charge on any atom is -0.507 e. The lowest BCUT2D eigenvalue weighted by molar-refractivity contribution is -0.384. The van der Waals surface area contributed by atoms with Gasteiger partial charge in [0.15, 0.2) is 0 Å². The fraction of sp³-hybridized carbons (Fsp3) is 0.120. The van der Waals surface area contributed by atoms with Crippen molar-refractivity contribution in [2.24, 2.45) is 0 Å². The molecule has 1 aliphatic rings. The highest BCUT2D eigenvalue weighted by molar-refractivity contribution is 6.46. The molecule has 33 heavy (non-hydrogen) atoms. The number of amides is 1. The van der Waals surface area contributed by atoms with Crippen molar-refractivity contribution < 1.29 is 24.4 Å². The molecule has 1 unspecified atom stereocenters. The van der Waals surface area contributed by atoms with Crippen molar-refractivity contribution in [3.63, 3.8) is 0 Å². The number of nitro benzene ring substituents is 1. The van der Waals surface area contributed by atoms with Gasteiger partial charge >= 0.3 is 0 Å². The third kappa shape index (κ3) is 4.18. The number of ketones is 1. The summed E-state index contributed by atoms with van der Waals surface area (Å²) in [6, 6.07) is 20.2. The number of nitro groups is 1. The van der Waals surface area contributed by atoms with Gasteiger partial charge in [-0.25, -0.2) is 0 Å². The van der Waals surface area contributed by atoms with Crippen molar-refractivity contribution in [3.05, 3.63) is 111 Å². The number of rotatable bonds is 6. The summed E-state index contributed by atoms with van der Waals surface area (Å²) in [5.41, 5.74) is 1.15. The van der Waals surface area contributed by atoms with Crippen LogP contribution in [0.15, 0.2) is 84.4 Å². The van der Waals surface area contributed by atoms with Crippen LogP contribution in [0.1, 0.15) is 22.7 Å². The van der Waals surface area contributed by atoms with Gasteiger partial charge in [0, 0.05) is 24.2 Å². The maximum atomic E-state index is 13.1. The van der Waals surface area contributed by atoms with Crippen molar-refractivity contribution in [2.45, 2.75) is 12.6 Å². The highest BCUT2D eigenvalue weighted by atomic mass is 16.6. The predicted molar refractivity (Wildman–Crippen MR) is 120 cm³/mol. The summed E-state index contributed by atoms with van der Waals surface area (Å²) in [7, 11) is 1.51. The highest BCUT2D eigenvalue weighted by Crippen LogP contribution is 2.41. The van der Waals surface area contributed by atoms with Crippen LogP contribution in [0.25, 0.3) is 5.76 Å². The molecule has 3 aromatic rings. The monoisotopic (exact) mass is 444 g/mol. The first-order chi connectivity index (χ1) is 15.9. The molecule has 0 aromatic heterocycles. The van der Waals surface area contributed by atoms with E-state index in [4.69, 9.17) is 4.74 Å². The number of carbonyl (C=O) groups is 2. The molecule has 0 aliphatic carbocycles. The summed E-state index contributed by atoms with van der Waals surface area (Å²) in [5, 5.41) is 22.4. The quantitative estimate of drug-likeness (QED) is 0.200. The van der Waals surface area contributed by atoms with Crippen molar-refractivity contribution in [3.8, 4) is 5.75 Å². The van der Waals surface area contributed by atoms with Crippen LogP contribution < -0.4 is 4.74 Å². The van der Waals surface area contributed by atoms with Crippen LogP contribution in [0.2, 0.25) is 0 Å². The smallest absolute Gasteiger partial charge is 0.295 e. The van der Waals surface area contributed by atoms with Crippen molar-refractivity contribution in [1.29, 1.82) is 0 Å². The number of carbonyl (C=O) groups excluding carboxylic acids is 2. The Hall–Kier alpha value is -4.46. The van der Waals surface area contributed by atoms with Crippen molar-refractivity contribution >= 4 is 23.1 Å². The molecule has 1 atom stereocenters. The van der Waals surface area contributed by atoms with Gasteiger partial charge in [0.1, 0.15) is 11.5 Å². The maximum absolute atomic E-state index is 13.1. The Bertz CT molecular complexity index is 1250. The molecular weight excluding hydrogens is 424 g/mol. The molecule has 4 rings (SSSR count). The highest BCUT2D eigenvalue weighted by Gasteiger charge is 2.46. The molecule has 0 saturated carbocycles. The Morgan fingerprint density at radius 3 is 2.36 bits per heavy atom. The zero-order valence-electron chi connectivity index (χ0n) is 17.7. The SMILES string of the molecule is COc1ccc(C(O)=C2C(=O)C(=O)N(Cc3ccccc3)C2c2cccc([N+](=O)[O-])c2)cc1. The van der Waals surface area contributed by atoms with Gasteiger partial charge in [0.2, 0.25) is 0 Å². The van der Waals surface area contributed by atoms with Gasteiger partial charge in [-0.2, -0.15) is 0 Å². The fourth-order valence-electron chi connectivity index (χ4n) is 3.88. The number of methoxy groups -OCH3 is 1. The Labute approximate surface area is 189 Å². The van der Waals surface area contributed by atoms with E-state index < -0.39 is 22.7 Å². The van der Waals surface area contributed by atoms with Crippen LogP contribution in [0, 0.1) is 10.1 Å². The van der Waals surface area contributed by atoms with Gasteiger partial charge in [-0.3, -0.25) is 19.7 Å². The van der Waals surface area contributed by atoms with Crippen molar-refractivity contribution in [2.75, 3.05) is 7.11 Å². The number of Topliss-reactive ketones (excluding diaryl/α,β-unsaturated/α-hetero) is 1. The summed E-state index contributed by atoms with van der Waals surface area (Å²) in [5.74, 6) is -1.43. The molecule has 3 aromatic carbocycles. The molecule has 0 radical (unpaired) electrons. The van der Waals surface area contributed by atoms with Gasteiger partial charge in [0.05, 0.1) is 23.6 Å². The molecular formula is C25H20N2O6. The van der Waals surface area contributed by atoms with Gasteiger partial charge in [0.25, 0.3) is 17.4 Å². The third-order valence-electron chi connectivity index (χ3n) is 5.50. The largest absolute Gasteiger partial charge is 0.507 e. The number of aliphatic hydroxyl groups is 1. The number of non-ortho nitro benzene ring substituents is 1. The Morgan fingerprint density at radius 2 is 1.73 bits per heavy atom. The molecule has 8 nitrogen and oxygen atoms in total. The Balaban J connectivity index is 1.87. The van der Waals surface area contributed by atoms with E-state index in [2.05, 4.69) is 0 Å². The van der Waals surface area contributed by atoms with E-state index in [1.165, 1.54) is 30.2 Å². The zero-order chi connectivity index (χ0) is 23.5. The number of ether oxygens (including phenoxy) is 1. The average molecular weight is 444 g/mol. The molecule has 1 fully saturated rings. The summed E-state index contributed by atoms with van der Waals surface area (Å²) in [6.07, 6.45) is 0. The van der Waals surface area contributed by atoms with E-state index >= 15 is 0 Å². The van der Waals surface area contributed by atoms with E-state index in [-0.39, 0.29) is 23.6 Å². The molecule has 1 amide bonds. The summed E-state index contributed by atoms with van der Waals surface area (Å²) < 4.78 is 5.13. The summed E-state index contributed by atoms with van der Waals surface area (Å²) in [4.78, 5) is 38.2. The summed E-state index contributed by atoms with van der Waals surface area (Å²) in [6.45, 7) is 0.0954. The predicted octanol–water partition coefficient (Wildman–Crippen LogP) is 4.23. The molecule has 1 heterocycles. The lowest BCUT2D eigenvalue weighted by Gasteiger charge is -2.25. The first-order valence-corrected chi connectivity index (χ1v) is 10.1. The lowest BCUT2D eigenvalue weighted by atomic mass is 9.95. The van der Waals surface area contributed by atoms with E-state index in [0.717, 1.165) is 5.56 Å². The molecule has 1 aliphatic heterocycles. The van der Waals surface area contributed by atoms with Crippen LogP contribution in [0.3, 0.4) is 0 Å². The number of hydrogen-bond acceptors (Lipinski definition) is 6. The van der Waals surface area contributed by atoms with Crippen LogP contribution in [0.4, 0.5) is 5.69 Å². The minimum atomic E-state index is -0.993. The first kappa shape index (κ1) is 21.8. The van der Waals surface area contributed by atoms with Crippen molar-refractivity contribution in [1.82, 2.24) is 4.90 Å². The second-order valence-corrected chi connectivity index (χ2v) is 7.49.